The molecule has 2 fully saturated rings. The zero-order valence-electron chi connectivity index (χ0n) is 8.13. The summed E-state index contributed by atoms with van der Waals surface area (Å²) < 4.78 is 5.74. The molecule has 1 aliphatic heterocycles. The summed E-state index contributed by atoms with van der Waals surface area (Å²) >= 11 is 0. The second-order valence-corrected chi connectivity index (χ2v) is 4.28. The monoisotopic (exact) mass is 182 g/mol. The van der Waals surface area contributed by atoms with Crippen LogP contribution in [0.3, 0.4) is 0 Å². The van der Waals surface area contributed by atoms with Crippen LogP contribution in [0.1, 0.15) is 44.9 Å². The van der Waals surface area contributed by atoms with E-state index < -0.39 is 0 Å². The number of hydrogen-bond acceptors (Lipinski definition) is 2. The van der Waals surface area contributed by atoms with Gasteiger partial charge in [-0.05, 0) is 38.0 Å². The Balaban J connectivity index is 1.82. The maximum Gasteiger partial charge on any atom is 0.132 e. The van der Waals surface area contributed by atoms with E-state index in [1.54, 1.807) is 0 Å². The molecule has 1 saturated heterocycles. The minimum Gasteiger partial charge on any atom is -0.378 e. The van der Waals surface area contributed by atoms with Crippen LogP contribution in [0.5, 0.6) is 0 Å². The zero-order valence-corrected chi connectivity index (χ0v) is 8.13. The Morgan fingerprint density at radius 1 is 1.08 bits per heavy atom. The van der Waals surface area contributed by atoms with E-state index in [9.17, 15) is 4.79 Å². The molecule has 0 spiro atoms. The molecule has 1 saturated carbocycles. The Morgan fingerprint density at radius 3 is 2.46 bits per heavy atom. The topological polar surface area (TPSA) is 26.3 Å². The lowest BCUT2D eigenvalue weighted by Gasteiger charge is -2.32. The van der Waals surface area contributed by atoms with Crippen molar-refractivity contribution in [3.05, 3.63) is 0 Å². The second kappa shape index (κ2) is 4.23. The van der Waals surface area contributed by atoms with Crippen molar-refractivity contribution in [3.8, 4) is 0 Å². The van der Waals surface area contributed by atoms with Gasteiger partial charge in [0.25, 0.3) is 0 Å². The van der Waals surface area contributed by atoms with E-state index in [1.807, 2.05) is 0 Å². The minimum atomic E-state index is 0.451. The summed E-state index contributed by atoms with van der Waals surface area (Å²) in [5, 5.41) is 0. The molecule has 0 amide bonds. The van der Waals surface area contributed by atoms with Crippen molar-refractivity contribution in [1.29, 1.82) is 0 Å². The van der Waals surface area contributed by atoms with E-state index in [4.69, 9.17) is 4.74 Å². The van der Waals surface area contributed by atoms with Crippen LogP contribution in [0.2, 0.25) is 0 Å². The van der Waals surface area contributed by atoms with Gasteiger partial charge in [-0.2, -0.15) is 0 Å². The molecule has 1 heterocycles. The summed E-state index contributed by atoms with van der Waals surface area (Å²) in [6.45, 7) is 0.940. The maximum atomic E-state index is 11.1. The molecular formula is C11H18O2. The average molecular weight is 182 g/mol. The lowest BCUT2D eigenvalue weighted by molar-refractivity contribution is -0.122. The molecule has 0 aromatic heterocycles. The first-order valence-corrected chi connectivity index (χ1v) is 5.49. The van der Waals surface area contributed by atoms with Crippen molar-refractivity contribution in [1.82, 2.24) is 0 Å². The Morgan fingerprint density at radius 2 is 1.85 bits per heavy atom. The van der Waals surface area contributed by atoms with Gasteiger partial charge in [0.15, 0.2) is 0 Å². The van der Waals surface area contributed by atoms with Crippen LogP contribution in [0.4, 0.5) is 0 Å². The summed E-state index contributed by atoms with van der Waals surface area (Å²) in [7, 11) is 0. The fraction of sp³-hybridized carbons (Fsp3) is 0.909. The Bertz CT molecular complexity index is 173. The number of ether oxygens (including phenoxy) is 1. The van der Waals surface area contributed by atoms with Crippen molar-refractivity contribution in [2.45, 2.75) is 51.0 Å². The van der Waals surface area contributed by atoms with Crippen LogP contribution in [-0.4, -0.2) is 18.5 Å². The number of hydrogen-bond donors (Lipinski definition) is 0. The number of carbonyl (C=O) groups is 1. The smallest absolute Gasteiger partial charge is 0.132 e. The highest BCUT2D eigenvalue weighted by Crippen LogP contribution is 2.30. The minimum absolute atomic E-state index is 0.451. The maximum absolute atomic E-state index is 11.1. The van der Waals surface area contributed by atoms with Crippen LogP contribution in [0.25, 0.3) is 0 Å². The standard InChI is InChI=1S/C11H18O2/c12-10-6-4-9(5-7-10)11-3-1-2-8-13-11/h9,11H,1-8H2. The van der Waals surface area contributed by atoms with Gasteiger partial charge in [-0.3, -0.25) is 4.79 Å². The molecule has 13 heavy (non-hydrogen) atoms. The summed E-state index contributed by atoms with van der Waals surface area (Å²) in [5.41, 5.74) is 0. The van der Waals surface area contributed by atoms with Crippen molar-refractivity contribution >= 4 is 5.78 Å². The molecule has 0 N–H and O–H groups in total. The first-order chi connectivity index (χ1) is 6.36. The van der Waals surface area contributed by atoms with Crippen molar-refractivity contribution in [2.24, 2.45) is 5.92 Å². The third kappa shape index (κ3) is 2.31. The molecule has 2 nitrogen and oxygen atoms in total. The number of rotatable bonds is 1. The van der Waals surface area contributed by atoms with Crippen LogP contribution >= 0.6 is 0 Å². The highest BCUT2D eigenvalue weighted by Gasteiger charge is 2.28. The molecule has 1 atom stereocenters. The Labute approximate surface area is 79.7 Å². The number of Topliss-reactive ketones (excluding diaryl/α,β-unsaturated/α-hetero) is 1. The second-order valence-electron chi connectivity index (χ2n) is 4.28. The van der Waals surface area contributed by atoms with Gasteiger partial charge in [-0.1, -0.05) is 0 Å². The van der Waals surface area contributed by atoms with E-state index in [-0.39, 0.29) is 0 Å². The molecule has 74 valence electrons. The number of ketones is 1. The fourth-order valence-corrected chi connectivity index (χ4v) is 2.47. The quantitative estimate of drug-likeness (QED) is 0.622. The zero-order chi connectivity index (χ0) is 9.10. The third-order valence-corrected chi connectivity index (χ3v) is 3.33. The first-order valence-electron chi connectivity index (χ1n) is 5.49. The van der Waals surface area contributed by atoms with Crippen LogP contribution in [0, 0.1) is 5.92 Å². The van der Waals surface area contributed by atoms with Crippen LogP contribution < -0.4 is 0 Å². The van der Waals surface area contributed by atoms with Gasteiger partial charge in [0.1, 0.15) is 5.78 Å². The summed E-state index contributed by atoms with van der Waals surface area (Å²) in [4.78, 5) is 11.1. The van der Waals surface area contributed by atoms with Crippen molar-refractivity contribution in [3.63, 3.8) is 0 Å². The largest absolute Gasteiger partial charge is 0.378 e. The van der Waals surface area contributed by atoms with Crippen LogP contribution in [-0.2, 0) is 9.53 Å². The SMILES string of the molecule is O=C1CCC(C2CCCCO2)CC1. The highest BCUT2D eigenvalue weighted by atomic mass is 16.5. The summed E-state index contributed by atoms with van der Waals surface area (Å²) in [6.07, 6.45) is 7.97. The van der Waals surface area contributed by atoms with Gasteiger partial charge in [-0.25, -0.2) is 0 Å². The number of carbonyl (C=O) groups excluding carboxylic acids is 1. The van der Waals surface area contributed by atoms with E-state index in [1.165, 1.54) is 19.3 Å². The fourth-order valence-electron chi connectivity index (χ4n) is 2.47. The van der Waals surface area contributed by atoms with E-state index in [0.29, 0.717) is 17.8 Å². The van der Waals surface area contributed by atoms with E-state index in [2.05, 4.69) is 0 Å². The molecular weight excluding hydrogens is 164 g/mol. The summed E-state index contributed by atoms with van der Waals surface area (Å²) in [5.74, 6) is 1.13. The molecule has 2 heteroatoms. The van der Waals surface area contributed by atoms with E-state index >= 15 is 0 Å². The summed E-state index contributed by atoms with van der Waals surface area (Å²) in [6, 6.07) is 0. The first kappa shape index (κ1) is 9.20. The van der Waals surface area contributed by atoms with Gasteiger partial charge in [0, 0.05) is 19.4 Å². The van der Waals surface area contributed by atoms with Gasteiger partial charge in [0.2, 0.25) is 0 Å². The highest BCUT2D eigenvalue weighted by molar-refractivity contribution is 5.79. The normalized spacial score (nSPS) is 32.0. The molecule has 1 aliphatic carbocycles. The predicted molar refractivity (Wildman–Crippen MR) is 50.6 cm³/mol. The average Bonchev–Trinajstić information content (AvgIpc) is 2.20. The molecule has 2 aliphatic rings. The molecule has 0 aromatic rings. The molecule has 2 rings (SSSR count). The molecule has 0 aromatic carbocycles. The lowest BCUT2D eigenvalue weighted by Crippen LogP contribution is -2.31. The van der Waals surface area contributed by atoms with E-state index in [0.717, 1.165) is 32.3 Å². The van der Waals surface area contributed by atoms with Gasteiger partial charge < -0.3 is 4.74 Å². The van der Waals surface area contributed by atoms with Gasteiger partial charge >= 0.3 is 0 Å². The predicted octanol–water partition coefficient (Wildman–Crippen LogP) is 2.31. The van der Waals surface area contributed by atoms with Crippen molar-refractivity contribution < 1.29 is 9.53 Å². The molecule has 0 bridgehead atoms. The molecule has 0 radical (unpaired) electrons. The third-order valence-electron chi connectivity index (χ3n) is 3.33. The van der Waals surface area contributed by atoms with Gasteiger partial charge in [-0.15, -0.1) is 0 Å². The molecule has 1 unspecified atom stereocenters. The Hall–Kier alpha value is -0.370. The lowest BCUT2D eigenvalue weighted by atomic mass is 9.82. The van der Waals surface area contributed by atoms with Crippen LogP contribution in [0.15, 0.2) is 0 Å². The van der Waals surface area contributed by atoms with Gasteiger partial charge in [0.05, 0.1) is 6.10 Å². The Kier molecular flexibility index (Phi) is 2.99. The van der Waals surface area contributed by atoms with Crippen molar-refractivity contribution in [2.75, 3.05) is 6.61 Å².